The highest BCUT2D eigenvalue weighted by Crippen LogP contribution is 1.87. The lowest BCUT2D eigenvalue weighted by Gasteiger charge is -2.02. The molecule has 0 spiro atoms. The van der Waals surface area contributed by atoms with Crippen molar-refractivity contribution in [1.29, 1.82) is 0 Å². The summed E-state index contributed by atoms with van der Waals surface area (Å²) in [6.07, 6.45) is -0.367. The highest BCUT2D eigenvalue weighted by atomic mass is 16.6. The minimum absolute atomic E-state index is 0.367. The van der Waals surface area contributed by atoms with E-state index in [2.05, 4.69) is 4.74 Å². The Bertz CT molecular complexity index is 127. The molecule has 0 fully saturated rings. The van der Waals surface area contributed by atoms with Crippen molar-refractivity contribution in [2.24, 2.45) is 0 Å². The van der Waals surface area contributed by atoms with Gasteiger partial charge in [0.25, 0.3) is 0 Å². The Morgan fingerprint density at radius 3 is 2.00 bits per heavy atom. The van der Waals surface area contributed by atoms with Crippen molar-refractivity contribution >= 4 is 11.9 Å². The molecule has 0 radical (unpaired) electrons. The van der Waals surface area contributed by atoms with Crippen molar-refractivity contribution in [3.8, 4) is 0 Å². The quantitative estimate of drug-likeness (QED) is 0.403. The number of rotatable bonds is 1. The smallest absolute Gasteiger partial charge is 0.417 e. The summed E-state index contributed by atoms with van der Waals surface area (Å²) in [5, 5.41) is 7.96. The summed E-state index contributed by atoms with van der Waals surface area (Å²) < 4.78 is 4.27. The first-order valence-corrected chi connectivity index (χ1v) is 2.48. The lowest BCUT2D eigenvalue weighted by molar-refractivity contribution is -0.166. The van der Waals surface area contributed by atoms with Crippen LogP contribution in [0.2, 0.25) is 0 Å². The molecule has 0 atom stereocenters. The normalized spacial score (nSPS) is 9.22. The van der Waals surface area contributed by atoms with E-state index in [9.17, 15) is 9.59 Å². The van der Waals surface area contributed by atoms with Gasteiger partial charge in [0.2, 0.25) is 0 Å². The Morgan fingerprint density at radius 1 is 1.44 bits per heavy atom. The highest BCUT2D eigenvalue weighted by Gasteiger charge is 2.13. The first-order valence-electron chi connectivity index (χ1n) is 2.48. The summed E-state index contributed by atoms with van der Waals surface area (Å²) in [6, 6.07) is 0. The van der Waals surface area contributed by atoms with E-state index in [-0.39, 0.29) is 6.10 Å². The third-order valence-electron chi connectivity index (χ3n) is 0.517. The van der Waals surface area contributed by atoms with Gasteiger partial charge in [0, 0.05) is 0 Å². The van der Waals surface area contributed by atoms with Gasteiger partial charge in [-0.2, -0.15) is 0 Å². The molecular formula is C5H8O4. The predicted molar refractivity (Wildman–Crippen MR) is 28.9 cm³/mol. The van der Waals surface area contributed by atoms with Crippen molar-refractivity contribution in [3.05, 3.63) is 0 Å². The van der Waals surface area contributed by atoms with Crippen LogP contribution in [0.25, 0.3) is 0 Å². The molecule has 0 aliphatic carbocycles. The largest absolute Gasteiger partial charge is 0.473 e. The number of carboxylic acid groups (broad SMARTS) is 1. The lowest BCUT2D eigenvalue weighted by atomic mass is 10.5. The van der Waals surface area contributed by atoms with Crippen LogP contribution >= 0.6 is 0 Å². The van der Waals surface area contributed by atoms with Gasteiger partial charge in [-0.15, -0.1) is 0 Å². The fourth-order valence-corrected chi connectivity index (χ4v) is 0.264. The van der Waals surface area contributed by atoms with Crippen molar-refractivity contribution in [3.63, 3.8) is 0 Å². The maximum absolute atomic E-state index is 10.1. The maximum atomic E-state index is 10.1. The molecule has 0 amide bonds. The minimum Gasteiger partial charge on any atom is -0.473 e. The molecule has 0 saturated carbocycles. The average molecular weight is 132 g/mol. The first-order chi connectivity index (χ1) is 4.04. The summed E-state index contributed by atoms with van der Waals surface area (Å²) in [5.74, 6) is -2.76. The van der Waals surface area contributed by atoms with Crippen molar-refractivity contribution < 1.29 is 19.4 Å². The molecule has 0 bridgehead atoms. The molecule has 4 nitrogen and oxygen atoms in total. The van der Waals surface area contributed by atoms with E-state index in [0.717, 1.165) is 0 Å². The van der Waals surface area contributed by atoms with Gasteiger partial charge in [-0.3, -0.25) is 0 Å². The zero-order valence-corrected chi connectivity index (χ0v) is 5.25. The van der Waals surface area contributed by atoms with Crippen LogP contribution < -0.4 is 0 Å². The standard InChI is InChI=1S/C5H8O4/c1-3(2)9-5(8)4(6)7/h3H,1-2H3,(H,6,7). The van der Waals surface area contributed by atoms with Gasteiger partial charge in [0.15, 0.2) is 0 Å². The molecule has 0 aromatic rings. The van der Waals surface area contributed by atoms with Gasteiger partial charge in [-0.1, -0.05) is 0 Å². The average Bonchev–Trinajstić information content (AvgIpc) is 1.63. The number of esters is 1. The number of carbonyl (C=O) groups is 2. The fourth-order valence-electron chi connectivity index (χ4n) is 0.264. The molecule has 0 unspecified atom stereocenters. The third-order valence-corrected chi connectivity index (χ3v) is 0.517. The van der Waals surface area contributed by atoms with Crippen LogP contribution in [0, 0.1) is 0 Å². The number of hydrogen-bond donors (Lipinski definition) is 1. The van der Waals surface area contributed by atoms with Crippen LogP contribution in [0.5, 0.6) is 0 Å². The first kappa shape index (κ1) is 7.94. The Morgan fingerprint density at radius 2 is 1.89 bits per heavy atom. The maximum Gasteiger partial charge on any atom is 0.417 e. The molecule has 0 aromatic carbocycles. The number of ether oxygens (including phenoxy) is 1. The molecule has 0 aliphatic heterocycles. The Balaban J connectivity index is 3.65. The summed E-state index contributed by atoms with van der Waals surface area (Å²) in [6.45, 7) is 3.17. The molecule has 9 heavy (non-hydrogen) atoms. The van der Waals surface area contributed by atoms with Crippen LogP contribution in [-0.2, 0) is 14.3 Å². The van der Waals surface area contributed by atoms with Gasteiger partial charge < -0.3 is 9.84 Å². The van der Waals surface area contributed by atoms with Crippen molar-refractivity contribution in [1.82, 2.24) is 0 Å². The van der Waals surface area contributed by atoms with Crippen LogP contribution in [0.1, 0.15) is 13.8 Å². The molecule has 0 aromatic heterocycles. The van der Waals surface area contributed by atoms with Gasteiger partial charge >= 0.3 is 11.9 Å². The molecule has 1 N–H and O–H groups in total. The van der Waals surface area contributed by atoms with E-state index in [1.54, 1.807) is 13.8 Å². The van der Waals surface area contributed by atoms with Gasteiger partial charge in [0.1, 0.15) is 0 Å². The van der Waals surface area contributed by atoms with Gasteiger partial charge in [-0.25, -0.2) is 9.59 Å². The third kappa shape index (κ3) is 3.52. The van der Waals surface area contributed by atoms with Gasteiger partial charge in [-0.05, 0) is 13.8 Å². The number of hydrogen-bond acceptors (Lipinski definition) is 3. The highest BCUT2D eigenvalue weighted by molar-refractivity contribution is 6.28. The molecular weight excluding hydrogens is 124 g/mol. The summed E-state index contributed by atoms with van der Waals surface area (Å²) in [4.78, 5) is 19.9. The van der Waals surface area contributed by atoms with E-state index in [0.29, 0.717) is 0 Å². The Kier molecular flexibility index (Phi) is 2.70. The Labute approximate surface area is 52.4 Å². The van der Waals surface area contributed by atoms with Crippen LogP contribution in [-0.4, -0.2) is 23.1 Å². The van der Waals surface area contributed by atoms with Crippen LogP contribution in [0.4, 0.5) is 0 Å². The number of aliphatic carboxylic acids is 1. The lowest BCUT2D eigenvalue weighted by Crippen LogP contribution is -2.19. The van der Waals surface area contributed by atoms with E-state index in [1.165, 1.54) is 0 Å². The molecule has 0 aliphatic rings. The van der Waals surface area contributed by atoms with E-state index < -0.39 is 11.9 Å². The van der Waals surface area contributed by atoms with E-state index in [1.807, 2.05) is 0 Å². The molecule has 0 heterocycles. The monoisotopic (exact) mass is 132 g/mol. The minimum atomic E-state index is -1.55. The Hall–Kier alpha value is -1.06. The van der Waals surface area contributed by atoms with E-state index in [4.69, 9.17) is 5.11 Å². The van der Waals surface area contributed by atoms with Crippen molar-refractivity contribution in [2.45, 2.75) is 20.0 Å². The van der Waals surface area contributed by atoms with Crippen LogP contribution in [0.15, 0.2) is 0 Å². The van der Waals surface area contributed by atoms with E-state index >= 15 is 0 Å². The molecule has 52 valence electrons. The summed E-state index contributed by atoms with van der Waals surface area (Å²) in [5.41, 5.74) is 0. The number of carboxylic acids is 1. The zero-order chi connectivity index (χ0) is 7.44. The fraction of sp³-hybridized carbons (Fsp3) is 0.600. The zero-order valence-electron chi connectivity index (χ0n) is 5.25. The van der Waals surface area contributed by atoms with Crippen LogP contribution in [0.3, 0.4) is 0 Å². The molecule has 0 rings (SSSR count). The summed E-state index contributed by atoms with van der Waals surface area (Å²) >= 11 is 0. The molecule has 4 heteroatoms. The predicted octanol–water partition coefficient (Wildman–Crippen LogP) is 0.0226. The second kappa shape index (κ2) is 3.06. The van der Waals surface area contributed by atoms with Crippen molar-refractivity contribution in [2.75, 3.05) is 0 Å². The topological polar surface area (TPSA) is 63.6 Å². The number of carbonyl (C=O) groups excluding carboxylic acids is 1. The molecule has 0 saturated heterocycles. The second-order valence-corrected chi connectivity index (χ2v) is 1.76. The van der Waals surface area contributed by atoms with Gasteiger partial charge in [0.05, 0.1) is 6.10 Å². The SMILES string of the molecule is CC(C)OC(=O)C(=O)O. The summed E-state index contributed by atoms with van der Waals surface area (Å²) in [7, 11) is 0. The second-order valence-electron chi connectivity index (χ2n) is 1.76.